The zero-order valence-corrected chi connectivity index (χ0v) is 26.0. The number of hydrogen-bond donors (Lipinski definition) is 1. The Bertz CT molecular complexity index is 1380. The molecule has 4 aromatic rings. The molecule has 0 atom stereocenters. The molecule has 5 heteroatoms. The molecule has 3 aromatic carbocycles. The Morgan fingerprint density at radius 2 is 1.54 bits per heavy atom. The molecule has 1 N–H and O–H groups in total. The predicted molar refractivity (Wildman–Crippen MR) is 156 cm³/mol. The molecule has 1 heterocycles. The molecule has 0 unspecified atom stereocenters. The van der Waals surface area contributed by atoms with Crippen molar-refractivity contribution in [1.29, 1.82) is 0 Å². The maximum atomic E-state index is 11.8. The van der Waals surface area contributed by atoms with Gasteiger partial charge >= 0.3 is 0 Å². The van der Waals surface area contributed by atoms with Gasteiger partial charge in [-0.15, -0.1) is 12.1 Å². The largest absolute Gasteiger partial charge is 0.512 e. The topological polar surface area (TPSA) is 59.4 Å². The molecule has 207 valence electrons. The Hall–Kier alpha value is -3.27. The Morgan fingerprint density at radius 3 is 2.15 bits per heavy atom. The molecule has 4 rings (SSSR count). The number of aliphatic hydroxyl groups excluding tert-OH is 1. The first-order chi connectivity index (χ1) is 18.1. The zero-order chi connectivity index (χ0) is 27.8. The van der Waals surface area contributed by atoms with Crippen molar-refractivity contribution >= 4 is 16.6 Å². The molecule has 0 aliphatic rings. The van der Waals surface area contributed by atoms with Crippen LogP contribution >= 0.6 is 0 Å². The van der Waals surface area contributed by atoms with Gasteiger partial charge in [-0.2, -0.15) is 18.2 Å². The summed E-state index contributed by atoms with van der Waals surface area (Å²) in [5.74, 6) is 1.43. The average molecular weight is 701 g/mol. The number of nitrogens with zero attached hydrogens (tertiary/aromatic N) is 1. The minimum absolute atomic E-state index is 0. The molecule has 1 aromatic heterocycles. The summed E-state index contributed by atoms with van der Waals surface area (Å²) in [7, 11) is 0. The third-order valence-corrected chi connectivity index (χ3v) is 7.09. The normalized spacial score (nSPS) is 11.7. The van der Waals surface area contributed by atoms with E-state index >= 15 is 0 Å². The van der Waals surface area contributed by atoms with Crippen LogP contribution in [0.4, 0.5) is 0 Å². The zero-order valence-electron chi connectivity index (χ0n) is 23.6. The van der Waals surface area contributed by atoms with Gasteiger partial charge in [0, 0.05) is 60.4 Å². The second kappa shape index (κ2) is 14.2. The number of benzene rings is 3. The smallest absolute Gasteiger partial charge is 0.217 e. The number of allylic oxidation sites excluding steroid dienone is 2. The van der Waals surface area contributed by atoms with Crippen LogP contribution in [0.2, 0.25) is 0 Å². The van der Waals surface area contributed by atoms with Gasteiger partial charge in [0.05, 0.1) is 0 Å². The molecule has 0 bridgehead atoms. The molecule has 4 nitrogen and oxygen atoms in total. The van der Waals surface area contributed by atoms with Crippen LogP contribution in [0.1, 0.15) is 54.4 Å². The number of aromatic nitrogens is 1. The molecule has 39 heavy (non-hydrogen) atoms. The van der Waals surface area contributed by atoms with Gasteiger partial charge in [-0.05, 0) is 35.4 Å². The van der Waals surface area contributed by atoms with Crippen LogP contribution in [0.15, 0.2) is 96.9 Å². The Labute approximate surface area is 246 Å². The number of ketones is 1. The summed E-state index contributed by atoms with van der Waals surface area (Å²) in [6, 6.07) is 29.2. The fraction of sp³-hybridized carbons (Fsp3) is 0.294. The number of rotatable bonds is 8. The van der Waals surface area contributed by atoms with Crippen LogP contribution < -0.4 is 4.74 Å². The summed E-state index contributed by atoms with van der Waals surface area (Å²) < 4.78 is 5.77. The molecule has 0 aliphatic heterocycles. The van der Waals surface area contributed by atoms with E-state index in [2.05, 4.69) is 41.4 Å². The number of fused-ring (bicyclic) bond motifs is 1. The molecule has 0 aliphatic carbocycles. The molecule has 0 saturated carbocycles. The van der Waals surface area contributed by atoms with E-state index in [0.29, 0.717) is 11.6 Å². The molecule has 0 amide bonds. The molecule has 0 saturated heterocycles. The van der Waals surface area contributed by atoms with Gasteiger partial charge in [-0.1, -0.05) is 84.0 Å². The number of aliphatic hydroxyl groups is 1. The minimum atomic E-state index is -0.377. The van der Waals surface area contributed by atoms with E-state index in [4.69, 9.17) is 4.74 Å². The van der Waals surface area contributed by atoms with E-state index < -0.39 is 0 Å². The van der Waals surface area contributed by atoms with E-state index in [9.17, 15) is 9.90 Å². The van der Waals surface area contributed by atoms with E-state index in [0.717, 1.165) is 23.6 Å². The van der Waals surface area contributed by atoms with Crippen LogP contribution in [-0.4, -0.2) is 15.9 Å². The number of para-hydroxylation sites is 1. The summed E-state index contributed by atoms with van der Waals surface area (Å²) in [6.07, 6.45) is 4.83. The maximum absolute atomic E-state index is 11.8. The van der Waals surface area contributed by atoms with Gasteiger partial charge in [-0.3, -0.25) is 4.79 Å². The van der Waals surface area contributed by atoms with E-state index in [1.807, 2.05) is 96.3 Å². The number of carbonyl (C=O) groups excluding carboxylic acids is 1. The fourth-order valence-electron chi connectivity index (χ4n) is 3.41. The monoisotopic (exact) mass is 701 g/mol. The first kappa shape index (κ1) is 31.9. The van der Waals surface area contributed by atoms with Crippen LogP contribution in [0, 0.1) is 16.9 Å². The number of pyridine rings is 1. The molecule has 1 radical (unpaired) electrons. The third-order valence-electron chi connectivity index (χ3n) is 7.09. The third kappa shape index (κ3) is 8.88. The molecular weight excluding hydrogens is 663 g/mol. The van der Waals surface area contributed by atoms with Crippen LogP contribution in [-0.2, 0) is 24.9 Å². The number of ether oxygens (including phenoxy) is 1. The molecule has 0 spiro atoms. The SMILES string of the molecule is CCC(C)(C)C(=O)C=C(O)C(C)(C)CC.[Ir].[c-]1ccccc1Oc1cc2cc(-c3ccccc3)ccc2cn1. The van der Waals surface area contributed by atoms with Crippen molar-refractivity contribution in [2.24, 2.45) is 10.8 Å². The van der Waals surface area contributed by atoms with Gasteiger partial charge < -0.3 is 9.84 Å². The van der Waals surface area contributed by atoms with Crippen molar-refractivity contribution in [3.05, 3.63) is 103 Å². The second-order valence-corrected chi connectivity index (χ2v) is 10.6. The number of hydrogen-bond acceptors (Lipinski definition) is 4. The summed E-state index contributed by atoms with van der Waals surface area (Å²) in [5.41, 5.74) is 1.70. The summed E-state index contributed by atoms with van der Waals surface area (Å²) in [4.78, 5) is 16.2. The first-order valence-corrected chi connectivity index (χ1v) is 13.1. The first-order valence-electron chi connectivity index (χ1n) is 13.1. The van der Waals surface area contributed by atoms with Crippen molar-refractivity contribution in [3.8, 4) is 22.8 Å². The maximum Gasteiger partial charge on any atom is 0.217 e. The second-order valence-electron chi connectivity index (χ2n) is 10.6. The number of carbonyl (C=O) groups is 1. The quantitative estimate of drug-likeness (QED) is 0.113. The van der Waals surface area contributed by atoms with Gasteiger partial charge in [0.1, 0.15) is 5.76 Å². The van der Waals surface area contributed by atoms with Gasteiger partial charge in [0.25, 0.3) is 0 Å². The Balaban J connectivity index is 0.000000294. The summed E-state index contributed by atoms with van der Waals surface area (Å²) in [6.45, 7) is 11.7. The fourth-order valence-corrected chi connectivity index (χ4v) is 3.41. The van der Waals surface area contributed by atoms with Gasteiger partial charge in [0.15, 0.2) is 5.78 Å². The van der Waals surface area contributed by atoms with Crippen molar-refractivity contribution in [2.45, 2.75) is 54.4 Å². The molecule has 0 fully saturated rings. The van der Waals surface area contributed by atoms with Crippen molar-refractivity contribution in [3.63, 3.8) is 0 Å². The van der Waals surface area contributed by atoms with Crippen LogP contribution in [0.5, 0.6) is 11.6 Å². The molecular formula is C34H38IrNO3-. The van der Waals surface area contributed by atoms with E-state index in [1.54, 1.807) is 0 Å². The van der Waals surface area contributed by atoms with Crippen molar-refractivity contribution in [2.75, 3.05) is 0 Å². The predicted octanol–water partition coefficient (Wildman–Crippen LogP) is 9.36. The average Bonchev–Trinajstić information content (AvgIpc) is 2.94. The van der Waals surface area contributed by atoms with Gasteiger partial charge in [0.2, 0.25) is 5.88 Å². The Morgan fingerprint density at radius 1 is 0.872 bits per heavy atom. The summed E-state index contributed by atoms with van der Waals surface area (Å²) >= 11 is 0. The van der Waals surface area contributed by atoms with Crippen molar-refractivity contribution < 1.29 is 34.7 Å². The Kier molecular flexibility index (Phi) is 11.6. The van der Waals surface area contributed by atoms with Gasteiger partial charge in [-0.25, -0.2) is 4.98 Å². The van der Waals surface area contributed by atoms with Crippen molar-refractivity contribution in [1.82, 2.24) is 4.98 Å². The van der Waals surface area contributed by atoms with Crippen LogP contribution in [0.25, 0.3) is 21.9 Å². The van der Waals surface area contributed by atoms with E-state index in [-0.39, 0.29) is 42.5 Å². The van der Waals surface area contributed by atoms with Crippen LogP contribution in [0.3, 0.4) is 0 Å². The standard InChI is InChI=1S/C21H14NO.C13H24O2.Ir/c1-3-7-16(8-4-1)17-11-12-18-15-22-21(14-19(18)13-17)23-20-9-5-2-6-10-20;1-7-12(3,4)10(14)9-11(15)13(5,6)8-2;/h1-9,11-15H;9,14H,7-8H2,1-6H3;/q-1;;. The minimum Gasteiger partial charge on any atom is -0.512 e. The summed E-state index contributed by atoms with van der Waals surface area (Å²) in [5, 5.41) is 12.0. The van der Waals surface area contributed by atoms with E-state index in [1.165, 1.54) is 17.2 Å².